The number of carbonyl (C=O) groups excluding carboxylic acids is 1. The first-order valence-electron chi connectivity index (χ1n) is 8.54. The summed E-state index contributed by atoms with van der Waals surface area (Å²) in [6, 6.07) is 10.4. The third-order valence-corrected chi connectivity index (χ3v) is 6.73. The second-order valence-electron chi connectivity index (χ2n) is 6.91. The molecule has 0 aromatic heterocycles. The van der Waals surface area contributed by atoms with Crippen LogP contribution in [0.5, 0.6) is 0 Å². The molecule has 5 nitrogen and oxygen atoms in total. The second kappa shape index (κ2) is 6.37. The Morgan fingerprint density at radius 2 is 1.96 bits per heavy atom. The summed E-state index contributed by atoms with van der Waals surface area (Å²) in [4.78, 5) is 14.9. The van der Waals surface area contributed by atoms with Gasteiger partial charge in [0.1, 0.15) is 0 Å². The summed E-state index contributed by atoms with van der Waals surface area (Å²) in [7, 11) is -3.60. The lowest BCUT2D eigenvalue weighted by Gasteiger charge is -2.18. The van der Waals surface area contributed by atoms with E-state index in [1.165, 1.54) is 6.07 Å². The van der Waals surface area contributed by atoms with Gasteiger partial charge in [-0.15, -0.1) is 0 Å². The zero-order valence-electron chi connectivity index (χ0n) is 14.3. The molecule has 7 heteroatoms. The van der Waals surface area contributed by atoms with Gasteiger partial charge in [-0.05, 0) is 54.7 Å². The smallest absolute Gasteiger partial charge is 0.254 e. The maximum atomic E-state index is 13.0. The number of amides is 1. The molecule has 1 aliphatic heterocycles. The van der Waals surface area contributed by atoms with Gasteiger partial charge in [-0.2, -0.15) is 0 Å². The number of hydrogen-bond donors (Lipinski definition) is 1. The summed E-state index contributed by atoms with van der Waals surface area (Å²) in [5.74, 6) is -0.182. The van der Waals surface area contributed by atoms with Crippen LogP contribution < -0.4 is 4.72 Å². The summed E-state index contributed by atoms with van der Waals surface area (Å²) in [5, 5.41) is 0.652. The van der Waals surface area contributed by atoms with Crippen molar-refractivity contribution in [3.05, 3.63) is 63.7 Å². The Morgan fingerprint density at radius 3 is 2.65 bits per heavy atom. The Bertz CT molecular complexity index is 1000. The molecule has 0 radical (unpaired) electrons. The number of hydrogen-bond acceptors (Lipinski definition) is 3. The van der Waals surface area contributed by atoms with E-state index in [9.17, 15) is 13.2 Å². The molecule has 0 atom stereocenters. The number of benzene rings is 2. The number of aryl methyl sites for hydroxylation is 1. The maximum Gasteiger partial charge on any atom is 0.254 e. The normalized spacial score (nSPS) is 16.6. The third-order valence-electron chi connectivity index (χ3n) is 4.86. The maximum absolute atomic E-state index is 13.0. The zero-order chi connectivity index (χ0) is 18.5. The molecule has 1 fully saturated rings. The average Bonchev–Trinajstić information content (AvgIpc) is 3.28. The van der Waals surface area contributed by atoms with Crippen LogP contribution in [0.2, 0.25) is 5.02 Å². The van der Waals surface area contributed by atoms with Gasteiger partial charge in [0.05, 0.1) is 4.90 Å². The molecule has 0 saturated heterocycles. The highest BCUT2D eigenvalue weighted by Crippen LogP contribution is 2.31. The van der Waals surface area contributed by atoms with Crippen molar-refractivity contribution in [1.82, 2.24) is 9.62 Å². The van der Waals surface area contributed by atoms with Crippen LogP contribution in [-0.4, -0.2) is 25.3 Å². The molecule has 4 rings (SSSR count). The van der Waals surface area contributed by atoms with Gasteiger partial charge in [0.15, 0.2) is 0 Å². The molecule has 0 unspecified atom stereocenters. The fraction of sp³-hybridized carbons (Fsp3) is 0.316. The number of nitrogens with zero attached hydrogens (tertiary/aromatic N) is 1. The van der Waals surface area contributed by atoms with E-state index >= 15 is 0 Å². The molecule has 0 spiro atoms. The van der Waals surface area contributed by atoms with Gasteiger partial charge >= 0.3 is 0 Å². The minimum atomic E-state index is -3.60. The van der Waals surface area contributed by atoms with Gasteiger partial charge in [0.2, 0.25) is 10.0 Å². The van der Waals surface area contributed by atoms with Gasteiger partial charge in [0, 0.05) is 29.7 Å². The molecule has 1 N–H and O–H groups in total. The monoisotopic (exact) mass is 390 g/mol. The van der Waals surface area contributed by atoms with Crippen molar-refractivity contribution in [3.63, 3.8) is 0 Å². The van der Waals surface area contributed by atoms with Crippen LogP contribution in [0.3, 0.4) is 0 Å². The molecule has 1 saturated carbocycles. The molecule has 1 aliphatic carbocycles. The van der Waals surface area contributed by atoms with E-state index in [2.05, 4.69) is 4.72 Å². The molecule has 0 bridgehead atoms. The van der Waals surface area contributed by atoms with E-state index in [0.717, 1.165) is 29.5 Å². The van der Waals surface area contributed by atoms with Gasteiger partial charge in [-0.25, -0.2) is 13.1 Å². The number of halogens is 1. The molecule has 136 valence electrons. The Balaban J connectivity index is 1.62. The molecular formula is C19H19ClN2O3S. The van der Waals surface area contributed by atoms with Gasteiger partial charge < -0.3 is 4.90 Å². The summed E-state index contributed by atoms with van der Waals surface area (Å²) < 4.78 is 27.6. The van der Waals surface area contributed by atoms with Crippen LogP contribution in [0.25, 0.3) is 0 Å². The number of carbonyl (C=O) groups is 1. The quantitative estimate of drug-likeness (QED) is 0.871. The second-order valence-corrected chi connectivity index (χ2v) is 9.03. The van der Waals surface area contributed by atoms with E-state index in [1.54, 1.807) is 17.0 Å². The van der Waals surface area contributed by atoms with Crippen molar-refractivity contribution in [3.8, 4) is 0 Å². The van der Waals surface area contributed by atoms with Crippen molar-refractivity contribution < 1.29 is 13.2 Å². The molecule has 1 amide bonds. The predicted molar refractivity (Wildman–Crippen MR) is 99.6 cm³/mol. The molecule has 2 aromatic carbocycles. The largest absolute Gasteiger partial charge is 0.330 e. The minimum absolute atomic E-state index is 0.0238. The van der Waals surface area contributed by atoms with Crippen LogP contribution >= 0.6 is 11.6 Å². The van der Waals surface area contributed by atoms with Crippen LogP contribution in [0.1, 0.15) is 39.9 Å². The van der Waals surface area contributed by atoms with Crippen LogP contribution in [0.15, 0.2) is 41.3 Å². The number of fused-ring (bicyclic) bond motifs is 1. The zero-order valence-corrected chi connectivity index (χ0v) is 15.9. The first-order chi connectivity index (χ1) is 12.3. The summed E-state index contributed by atoms with van der Waals surface area (Å²) in [6.07, 6.45) is 1.73. The van der Waals surface area contributed by atoms with Crippen molar-refractivity contribution in [2.75, 3.05) is 0 Å². The molecular weight excluding hydrogens is 372 g/mol. The number of sulfonamides is 1. The van der Waals surface area contributed by atoms with Crippen molar-refractivity contribution in [1.29, 1.82) is 0 Å². The highest BCUT2D eigenvalue weighted by molar-refractivity contribution is 7.89. The Labute approximate surface area is 158 Å². The van der Waals surface area contributed by atoms with Crippen molar-refractivity contribution in [2.24, 2.45) is 0 Å². The van der Waals surface area contributed by atoms with Crippen molar-refractivity contribution in [2.45, 2.75) is 43.8 Å². The molecule has 26 heavy (non-hydrogen) atoms. The Morgan fingerprint density at radius 1 is 1.19 bits per heavy atom. The van der Waals surface area contributed by atoms with Crippen LogP contribution in [0, 0.1) is 6.92 Å². The SMILES string of the molecule is Cc1ccc(S(=O)(=O)NC2CC2)cc1C(=O)N1Cc2cccc(Cl)c2C1. The summed E-state index contributed by atoms with van der Waals surface area (Å²) in [5.41, 5.74) is 3.15. The van der Waals surface area contributed by atoms with Crippen LogP contribution in [0.4, 0.5) is 0 Å². The van der Waals surface area contributed by atoms with Crippen molar-refractivity contribution >= 4 is 27.5 Å². The fourth-order valence-corrected chi connectivity index (χ4v) is 4.77. The highest BCUT2D eigenvalue weighted by atomic mass is 35.5. The van der Waals surface area contributed by atoms with Gasteiger partial charge in [-0.3, -0.25) is 4.79 Å². The lowest BCUT2D eigenvalue weighted by atomic mass is 10.1. The average molecular weight is 391 g/mol. The van der Waals surface area contributed by atoms with E-state index in [1.807, 2.05) is 25.1 Å². The van der Waals surface area contributed by atoms with E-state index in [0.29, 0.717) is 23.7 Å². The molecule has 2 aromatic rings. The molecule has 2 aliphatic rings. The van der Waals surface area contributed by atoms with Gasteiger partial charge in [0.25, 0.3) is 5.91 Å². The Kier molecular flexibility index (Phi) is 4.29. The highest BCUT2D eigenvalue weighted by Gasteiger charge is 2.30. The van der Waals surface area contributed by atoms with E-state index in [4.69, 9.17) is 11.6 Å². The predicted octanol–water partition coefficient (Wildman–Crippen LogP) is 3.25. The van der Waals surface area contributed by atoms with Crippen LogP contribution in [-0.2, 0) is 23.1 Å². The molecule has 1 heterocycles. The van der Waals surface area contributed by atoms with E-state index < -0.39 is 10.0 Å². The first kappa shape index (κ1) is 17.5. The third kappa shape index (κ3) is 3.24. The summed E-state index contributed by atoms with van der Waals surface area (Å²) in [6.45, 7) is 2.73. The van der Waals surface area contributed by atoms with E-state index in [-0.39, 0.29) is 16.8 Å². The standard InChI is InChI=1S/C19H19ClN2O3S/c1-12-5-8-15(26(24,25)21-14-6-7-14)9-16(12)19(23)22-10-13-3-2-4-18(20)17(13)11-22/h2-5,8-9,14,21H,6-7,10-11H2,1H3. The lowest BCUT2D eigenvalue weighted by Crippen LogP contribution is -2.28. The lowest BCUT2D eigenvalue weighted by molar-refractivity contribution is 0.0750. The first-order valence-corrected chi connectivity index (χ1v) is 10.4. The topological polar surface area (TPSA) is 66.5 Å². The Hall–Kier alpha value is -1.89. The summed E-state index contributed by atoms with van der Waals surface area (Å²) >= 11 is 6.23. The number of nitrogens with one attached hydrogen (secondary N) is 1. The number of rotatable bonds is 4. The van der Waals surface area contributed by atoms with Gasteiger partial charge in [-0.1, -0.05) is 29.8 Å². The minimum Gasteiger partial charge on any atom is -0.330 e. The fourth-order valence-electron chi connectivity index (χ4n) is 3.18.